The molecule has 0 aliphatic heterocycles. The molecule has 1 heteroatoms. The largest absolute Gasteiger partial charge is 0.456 e. The molecule has 0 N–H and O–H groups in total. The van der Waals surface area contributed by atoms with Crippen molar-refractivity contribution in [1.29, 1.82) is 0 Å². The molecule has 1 heterocycles. The predicted molar refractivity (Wildman–Crippen MR) is 263 cm³/mol. The number of fused-ring (bicyclic) bond motifs is 11. The molecular formula is C61H40O. The zero-order chi connectivity index (χ0) is 41.1. The lowest BCUT2D eigenvalue weighted by Crippen LogP contribution is -2.15. The molecule has 290 valence electrons. The van der Waals surface area contributed by atoms with Crippen LogP contribution in [0.15, 0.2) is 211 Å². The first kappa shape index (κ1) is 35.1. The number of furan rings is 1. The molecule has 0 atom stereocenters. The SMILES string of the molecule is CC1(C)c2ccc(-c3ccc4oc5ccc(-c6c7ccccc7c(-c7ccc(-c8cccc9ccccc89)cc7)c7ccccc67)cc5c4c3)cc2-c2ccc3ccccc3c21. The fourth-order valence-electron chi connectivity index (χ4n) is 11.0. The van der Waals surface area contributed by atoms with Gasteiger partial charge in [-0.25, -0.2) is 0 Å². The molecule has 12 aromatic rings. The smallest absolute Gasteiger partial charge is 0.135 e. The normalized spacial score (nSPS) is 13.1. The molecule has 1 aliphatic carbocycles. The van der Waals surface area contributed by atoms with E-state index in [1.54, 1.807) is 0 Å². The molecule has 0 spiro atoms. The van der Waals surface area contributed by atoms with Crippen molar-refractivity contribution in [2.75, 3.05) is 0 Å². The standard InChI is InChI=1S/C61H40O/c1-61(2)55-31-27-41(34-52(55)51-30-26-38-13-4-6-16-46(38)60(51)61)42-28-32-56-53(35-42)54-36-43(29-33-57(54)62-56)59-49-19-9-7-17-47(49)58(48-18-8-10-20-50(48)59)40-24-22-39(23-25-40)45-21-11-14-37-12-3-5-15-44(37)45/h3-36H,1-2H3. The summed E-state index contributed by atoms with van der Waals surface area (Å²) in [6, 6.07) is 76.1. The van der Waals surface area contributed by atoms with Gasteiger partial charge in [-0.1, -0.05) is 190 Å². The van der Waals surface area contributed by atoms with Crippen molar-refractivity contribution in [3.05, 3.63) is 217 Å². The van der Waals surface area contributed by atoms with Gasteiger partial charge in [0.25, 0.3) is 0 Å². The van der Waals surface area contributed by atoms with Crippen molar-refractivity contribution in [2.45, 2.75) is 19.3 Å². The summed E-state index contributed by atoms with van der Waals surface area (Å²) >= 11 is 0. The van der Waals surface area contributed by atoms with Gasteiger partial charge >= 0.3 is 0 Å². The highest BCUT2D eigenvalue weighted by atomic mass is 16.3. The van der Waals surface area contributed by atoms with E-state index in [0.717, 1.165) is 21.9 Å². The van der Waals surface area contributed by atoms with Crippen LogP contribution in [0, 0.1) is 0 Å². The first-order valence-corrected chi connectivity index (χ1v) is 21.7. The Morgan fingerprint density at radius 3 is 1.47 bits per heavy atom. The Morgan fingerprint density at radius 1 is 0.306 bits per heavy atom. The average Bonchev–Trinajstić information content (AvgIpc) is 3.80. The summed E-state index contributed by atoms with van der Waals surface area (Å²) in [4.78, 5) is 0. The van der Waals surface area contributed by atoms with Crippen LogP contribution in [0.5, 0.6) is 0 Å². The zero-order valence-electron chi connectivity index (χ0n) is 34.5. The van der Waals surface area contributed by atoms with Gasteiger partial charge < -0.3 is 4.42 Å². The Hall–Kier alpha value is -7.74. The van der Waals surface area contributed by atoms with E-state index in [4.69, 9.17) is 4.42 Å². The lowest BCUT2D eigenvalue weighted by molar-refractivity contribution is 0.666. The van der Waals surface area contributed by atoms with Crippen LogP contribution in [0.3, 0.4) is 0 Å². The van der Waals surface area contributed by atoms with Gasteiger partial charge in [0.05, 0.1) is 0 Å². The van der Waals surface area contributed by atoms with Crippen molar-refractivity contribution in [3.8, 4) is 55.6 Å². The first-order chi connectivity index (χ1) is 30.5. The topological polar surface area (TPSA) is 13.1 Å². The second-order valence-corrected chi connectivity index (χ2v) is 17.6. The van der Waals surface area contributed by atoms with E-state index in [1.165, 1.54) is 110 Å². The second-order valence-electron chi connectivity index (χ2n) is 17.6. The van der Waals surface area contributed by atoms with Gasteiger partial charge in [-0.3, -0.25) is 0 Å². The molecule has 1 nitrogen and oxygen atoms in total. The molecule has 0 saturated heterocycles. The number of hydrogen-bond donors (Lipinski definition) is 0. The molecule has 0 saturated carbocycles. The fraction of sp³-hybridized carbons (Fsp3) is 0.0492. The van der Waals surface area contributed by atoms with Crippen LogP contribution in [0.25, 0.3) is 121 Å². The van der Waals surface area contributed by atoms with Gasteiger partial charge in [0.1, 0.15) is 11.2 Å². The first-order valence-electron chi connectivity index (χ1n) is 21.7. The zero-order valence-corrected chi connectivity index (χ0v) is 34.5. The molecule has 11 aromatic carbocycles. The minimum absolute atomic E-state index is 0.0829. The van der Waals surface area contributed by atoms with E-state index < -0.39 is 0 Å². The van der Waals surface area contributed by atoms with Crippen molar-refractivity contribution >= 4 is 65.0 Å². The number of rotatable bonds is 4. The van der Waals surface area contributed by atoms with Crippen LogP contribution in [-0.4, -0.2) is 0 Å². The van der Waals surface area contributed by atoms with Gasteiger partial charge in [0.2, 0.25) is 0 Å². The molecule has 0 fully saturated rings. The van der Waals surface area contributed by atoms with Crippen LogP contribution in [0.2, 0.25) is 0 Å². The van der Waals surface area contributed by atoms with E-state index in [2.05, 4.69) is 220 Å². The van der Waals surface area contributed by atoms with Crippen molar-refractivity contribution < 1.29 is 4.42 Å². The molecular weight excluding hydrogens is 749 g/mol. The van der Waals surface area contributed by atoms with Crippen LogP contribution < -0.4 is 0 Å². The summed E-state index contributed by atoms with van der Waals surface area (Å²) in [5.41, 5.74) is 17.0. The van der Waals surface area contributed by atoms with Crippen LogP contribution >= 0.6 is 0 Å². The lowest BCUT2D eigenvalue weighted by atomic mass is 9.80. The van der Waals surface area contributed by atoms with Gasteiger partial charge in [0.15, 0.2) is 0 Å². The van der Waals surface area contributed by atoms with Crippen molar-refractivity contribution in [2.24, 2.45) is 0 Å². The Bertz CT molecular complexity index is 3760. The Labute approximate surface area is 360 Å². The summed E-state index contributed by atoms with van der Waals surface area (Å²) < 4.78 is 6.54. The Morgan fingerprint density at radius 2 is 0.790 bits per heavy atom. The maximum atomic E-state index is 6.54. The molecule has 1 aliphatic rings. The third-order valence-corrected chi connectivity index (χ3v) is 13.8. The van der Waals surface area contributed by atoms with Gasteiger partial charge in [-0.15, -0.1) is 0 Å². The van der Waals surface area contributed by atoms with Crippen LogP contribution in [0.4, 0.5) is 0 Å². The van der Waals surface area contributed by atoms with E-state index in [9.17, 15) is 0 Å². The molecule has 13 rings (SSSR count). The van der Waals surface area contributed by atoms with Crippen LogP contribution in [0.1, 0.15) is 25.0 Å². The van der Waals surface area contributed by atoms with E-state index in [1.807, 2.05) is 0 Å². The molecule has 0 unspecified atom stereocenters. The van der Waals surface area contributed by atoms with Gasteiger partial charge in [0, 0.05) is 16.2 Å². The maximum Gasteiger partial charge on any atom is 0.135 e. The lowest BCUT2D eigenvalue weighted by Gasteiger charge is -2.23. The average molecular weight is 789 g/mol. The predicted octanol–water partition coefficient (Wildman–Crippen LogP) is 17.2. The molecule has 0 radical (unpaired) electrons. The number of benzene rings is 11. The van der Waals surface area contributed by atoms with E-state index in [-0.39, 0.29) is 5.41 Å². The molecule has 62 heavy (non-hydrogen) atoms. The quantitative estimate of drug-likeness (QED) is 0.162. The Kier molecular flexibility index (Phi) is 7.42. The Balaban J connectivity index is 0.942. The minimum Gasteiger partial charge on any atom is -0.456 e. The third-order valence-electron chi connectivity index (χ3n) is 13.8. The van der Waals surface area contributed by atoms with Gasteiger partial charge in [-0.05, 0) is 140 Å². The summed E-state index contributed by atoms with van der Waals surface area (Å²) in [6.07, 6.45) is 0. The summed E-state index contributed by atoms with van der Waals surface area (Å²) in [5.74, 6) is 0. The summed E-state index contributed by atoms with van der Waals surface area (Å²) in [5, 5.41) is 12.4. The summed E-state index contributed by atoms with van der Waals surface area (Å²) in [6.45, 7) is 4.74. The highest BCUT2D eigenvalue weighted by Gasteiger charge is 2.37. The van der Waals surface area contributed by atoms with Crippen LogP contribution in [-0.2, 0) is 5.41 Å². The fourth-order valence-corrected chi connectivity index (χ4v) is 11.0. The highest BCUT2D eigenvalue weighted by molar-refractivity contribution is 6.22. The number of hydrogen-bond acceptors (Lipinski definition) is 1. The summed E-state index contributed by atoms with van der Waals surface area (Å²) in [7, 11) is 0. The monoisotopic (exact) mass is 788 g/mol. The second kappa shape index (κ2) is 13.1. The highest BCUT2D eigenvalue weighted by Crippen LogP contribution is 2.52. The van der Waals surface area contributed by atoms with E-state index >= 15 is 0 Å². The van der Waals surface area contributed by atoms with Gasteiger partial charge in [-0.2, -0.15) is 0 Å². The molecule has 1 aromatic heterocycles. The van der Waals surface area contributed by atoms with E-state index in [0.29, 0.717) is 0 Å². The van der Waals surface area contributed by atoms with Crippen molar-refractivity contribution in [1.82, 2.24) is 0 Å². The molecule has 0 bridgehead atoms. The van der Waals surface area contributed by atoms with Crippen molar-refractivity contribution in [3.63, 3.8) is 0 Å². The minimum atomic E-state index is -0.0829. The third kappa shape index (κ3) is 5.09. The molecule has 0 amide bonds. The maximum absolute atomic E-state index is 6.54.